The Morgan fingerprint density at radius 3 is 2.02 bits per heavy atom. The van der Waals surface area contributed by atoms with Crippen molar-refractivity contribution in [2.45, 2.75) is 95.6 Å². The number of ether oxygens (including phenoxy) is 3. The van der Waals surface area contributed by atoms with Crippen LogP contribution < -0.4 is 24.3 Å². The first-order chi connectivity index (χ1) is 24.2. The highest BCUT2D eigenvalue weighted by Gasteiger charge is 2.53. The van der Waals surface area contributed by atoms with E-state index in [9.17, 15) is 9.59 Å². The van der Waals surface area contributed by atoms with Crippen molar-refractivity contribution in [3.05, 3.63) is 91.0 Å². The van der Waals surface area contributed by atoms with Crippen LogP contribution >= 0.6 is 0 Å². The Labute approximate surface area is 300 Å². The van der Waals surface area contributed by atoms with Gasteiger partial charge in [-0.05, 0) is 77.6 Å². The number of amides is 1. The molecule has 1 aliphatic heterocycles. The quantitative estimate of drug-likeness (QED) is 0.0786. The minimum Gasteiger partial charge on any atom is -0.531 e. The third-order valence-electron chi connectivity index (χ3n) is 10.5. The normalized spacial score (nSPS) is 17.8. The fraction of sp³-hybridized carbons (Fsp3) is 0.476. The predicted molar refractivity (Wildman–Crippen MR) is 202 cm³/mol. The van der Waals surface area contributed by atoms with Crippen molar-refractivity contribution < 1.29 is 28.2 Å². The van der Waals surface area contributed by atoms with Gasteiger partial charge in [0, 0.05) is 6.54 Å². The Morgan fingerprint density at radius 1 is 0.860 bits per heavy atom. The van der Waals surface area contributed by atoms with Crippen LogP contribution in [0, 0.1) is 5.92 Å². The number of benzene rings is 3. The van der Waals surface area contributed by atoms with E-state index in [4.69, 9.17) is 18.6 Å². The van der Waals surface area contributed by atoms with Crippen molar-refractivity contribution in [3.63, 3.8) is 0 Å². The summed E-state index contributed by atoms with van der Waals surface area (Å²) in [6.07, 6.45) is 9.84. The van der Waals surface area contributed by atoms with Crippen LogP contribution in [0.5, 0.6) is 17.2 Å². The fourth-order valence-corrected chi connectivity index (χ4v) is 12.5. The first-order valence-corrected chi connectivity index (χ1v) is 20.2. The van der Waals surface area contributed by atoms with Crippen molar-refractivity contribution in [1.29, 1.82) is 0 Å². The zero-order chi connectivity index (χ0) is 35.7. The van der Waals surface area contributed by atoms with Crippen molar-refractivity contribution in [1.82, 2.24) is 4.90 Å². The standard InChI is InChI=1S/C42H55NO6Si/c1-7-8-28-48-41(45)35-26-18-19-27-43(35)40(44)38(31-20-12-9-13-21-31)32-29-36(46-5)39(47-6)37(30-32)49-50(42(2,3)4,33-22-14-10-15-23-33)34-24-16-11-17-25-34/h7,10-11,14-17,22-25,29-31,35,38H,1,8-9,12-13,18-21,26-28H2,2-6H3/t35-,38-/m0/s1. The molecule has 1 aliphatic carbocycles. The van der Waals surface area contributed by atoms with Gasteiger partial charge in [-0.2, -0.15) is 0 Å². The SMILES string of the molecule is C=CCCOC(=O)[C@@H]1CCCCN1C(=O)[C@H](c1cc(OC)c(OC)c(O[Si](c2ccccc2)(c2ccccc2)C(C)(C)C)c1)C1CCCCC1. The predicted octanol–water partition coefficient (Wildman–Crippen LogP) is 7.81. The van der Waals surface area contributed by atoms with E-state index in [1.807, 2.05) is 24.3 Å². The molecule has 1 saturated carbocycles. The minimum atomic E-state index is -3.07. The minimum absolute atomic E-state index is 0.0223. The second-order valence-electron chi connectivity index (χ2n) is 14.7. The molecular weight excluding hydrogens is 643 g/mol. The highest BCUT2D eigenvalue weighted by molar-refractivity contribution is 7.00. The number of esters is 1. The molecule has 50 heavy (non-hydrogen) atoms. The van der Waals surface area contributed by atoms with E-state index in [2.05, 4.69) is 75.9 Å². The highest BCUT2D eigenvalue weighted by Crippen LogP contribution is 2.48. The average molecular weight is 698 g/mol. The molecule has 3 aromatic rings. The Balaban J connectivity index is 1.66. The lowest BCUT2D eigenvalue weighted by Gasteiger charge is -2.43. The lowest BCUT2D eigenvalue weighted by atomic mass is 9.75. The Bertz CT molecular complexity index is 1540. The van der Waals surface area contributed by atoms with E-state index >= 15 is 0 Å². The summed E-state index contributed by atoms with van der Waals surface area (Å²) in [5.74, 6) is 0.874. The van der Waals surface area contributed by atoms with Gasteiger partial charge in [-0.25, -0.2) is 4.79 Å². The number of rotatable bonds is 13. The molecule has 0 aromatic heterocycles. The maximum absolute atomic E-state index is 15.0. The number of likely N-dealkylation sites (tertiary alicyclic amines) is 1. The first kappa shape index (κ1) is 37.2. The van der Waals surface area contributed by atoms with Crippen molar-refractivity contribution in [2.24, 2.45) is 5.92 Å². The van der Waals surface area contributed by atoms with Gasteiger partial charge in [0.15, 0.2) is 11.5 Å². The summed E-state index contributed by atoms with van der Waals surface area (Å²) >= 11 is 0. The molecule has 2 atom stereocenters. The zero-order valence-electron chi connectivity index (χ0n) is 30.6. The van der Waals surface area contributed by atoms with E-state index in [0.717, 1.165) is 60.9 Å². The molecule has 8 heteroatoms. The number of piperidine rings is 1. The molecule has 0 bridgehead atoms. The lowest BCUT2D eigenvalue weighted by molar-refractivity contribution is -0.158. The van der Waals surface area contributed by atoms with Gasteiger partial charge in [0.1, 0.15) is 6.04 Å². The van der Waals surface area contributed by atoms with E-state index in [1.54, 1.807) is 25.2 Å². The summed E-state index contributed by atoms with van der Waals surface area (Å²) in [6.45, 7) is 11.3. The molecule has 5 rings (SSSR count). The van der Waals surface area contributed by atoms with Crippen LogP contribution in [0.1, 0.15) is 90.0 Å². The summed E-state index contributed by atoms with van der Waals surface area (Å²) in [5.41, 5.74) is 0.830. The summed E-state index contributed by atoms with van der Waals surface area (Å²) in [6, 6.07) is 24.4. The molecule has 268 valence electrons. The van der Waals surface area contributed by atoms with Gasteiger partial charge < -0.3 is 23.5 Å². The van der Waals surface area contributed by atoms with Crippen LogP contribution in [-0.4, -0.2) is 58.5 Å². The van der Waals surface area contributed by atoms with Crippen LogP contribution in [0.25, 0.3) is 0 Å². The molecule has 1 amide bonds. The fourth-order valence-electron chi connectivity index (χ4n) is 8.06. The largest absolute Gasteiger partial charge is 0.531 e. The molecule has 3 aromatic carbocycles. The van der Waals surface area contributed by atoms with Crippen molar-refractivity contribution in [2.75, 3.05) is 27.4 Å². The molecule has 1 heterocycles. The molecule has 0 spiro atoms. The topological polar surface area (TPSA) is 74.3 Å². The monoisotopic (exact) mass is 697 g/mol. The molecule has 0 radical (unpaired) electrons. The van der Waals surface area contributed by atoms with Gasteiger partial charge in [-0.3, -0.25) is 4.79 Å². The number of carbonyl (C=O) groups excluding carboxylic acids is 2. The van der Waals surface area contributed by atoms with Gasteiger partial charge in [-0.15, -0.1) is 6.58 Å². The Morgan fingerprint density at radius 2 is 1.46 bits per heavy atom. The van der Waals surface area contributed by atoms with Crippen LogP contribution in [0.4, 0.5) is 0 Å². The van der Waals surface area contributed by atoms with Crippen LogP contribution in [0.2, 0.25) is 5.04 Å². The van der Waals surface area contributed by atoms with Gasteiger partial charge >= 0.3 is 14.3 Å². The average Bonchev–Trinajstić information content (AvgIpc) is 3.14. The third-order valence-corrected chi connectivity index (χ3v) is 15.4. The van der Waals surface area contributed by atoms with E-state index in [1.165, 1.54) is 0 Å². The molecule has 1 saturated heterocycles. The maximum atomic E-state index is 15.0. The smallest absolute Gasteiger partial charge is 0.328 e. The summed E-state index contributed by atoms with van der Waals surface area (Å²) in [7, 11) is 0.194. The van der Waals surface area contributed by atoms with Gasteiger partial charge in [0.25, 0.3) is 0 Å². The second kappa shape index (κ2) is 16.8. The van der Waals surface area contributed by atoms with E-state index in [-0.39, 0.29) is 29.4 Å². The summed E-state index contributed by atoms with van der Waals surface area (Å²) in [5, 5.41) is 1.97. The molecule has 2 aliphatic rings. The number of methoxy groups -OCH3 is 2. The highest BCUT2D eigenvalue weighted by atomic mass is 28.4. The van der Waals surface area contributed by atoms with Crippen LogP contribution in [-0.2, 0) is 14.3 Å². The van der Waals surface area contributed by atoms with Crippen molar-refractivity contribution in [3.8, 4) is 17.2 Å². The van der Waals surface area contributed by atoms with Gasteiger partial charge in [0.05, 0.1) is 26.7 Å². The zero-order valence-corrected chi connectivity index (χ0v) is 31.6. The molecule has 2 fully saturated rings. The van der Waals surface area contributed by atoms with Gasteiger partial charge in [0.2, 0.25) is 11.7 Å². The summed E-state index contributed by atoms with van der Waals surface area (Å²) < 4.78 is 25.2. The van der Waals surface area contributed by atoms with Crippen LogP contribution in [0.3, 0.4) is 0 Å². The molecule has 0 N–H and O–H groups in total. The third kappa shape index (κ3) is 7.80. The van der Waals surface area contributed by atoms with E-state index in [0.29, 0.717) is 36.6 Å². The number of hydrogen-bond donors (Lipinski definition) is 0. The number of nitrogens with zero attached hydrogens (tertiary/aromatic N) is 1. The Hall–Kier alpha value is -4.04. The molecular formula is C42H55NO6Si. The summed E-state index contributed by atoms with van der Waals surface area (Å²) in [4.78, 5) is 30.2. The lowest BCUT2D eigenvalue weighted by Crippen LogP contribution is -2.68. The van der Waals surface area contributed by atoms with E-state index < -0.39 is 20.3 Å². The Kier molecular flexibility index (Phi) is 12.5. The van der Waals surface area contributed by atoms with Gasteiger partial charge in [-0.1, -0.05) is 107 Å². The molecule has 7 nitrogen and oxygen atoms in total. The van der Waals surface area contributed by atoms with Crippen molar-refractivity contribution >= 4 is 30.6 Å². The second-order valence-corrected chi connectivity index (χ2v) is 18.9. The first-order valence-electron chi connectivity index (χ1n) is 18.3. The van der Waals surface area contributed by atoms with Crippen LogP contribution in [0.15, 0.2) is 85.5 Å². The number of carbonyl (C=O) groups is 2. The maximum Gasteiger partial charge on any atom is 0.328 e. The molecule has 0 unspecified atom stereocenters. The number of hydrogen-bond acceptors (Lipinski definition) is 6.